The van der Waals surface area contributed by atoms with E-state index in [1.54, 1.807) is 18.2 Å². The number of hydrogen-bond donors (Lipinski definition) is 0. The van der Waals surface area contributed by atoms with Gasteiger partial charge in [0.15, 0.2) is 0 Å². The van der Waals surface area contributed by atoms with Gasteiger partial charge in [0.1, 0.15) is 18.2 Å². The van der Waals surface area contributed by atoms with Crippen LogP contribution in [0.3, 0.4) is 0 Å². The molecule has 1 aromatic heterocycles. The Kier molecular flexibility index (Phi) is 3.47. The summed E-state index contributed by atoms with van der Waals surface area (Å²) in [4.78, 5) is 20.1. The van der Waals surface area contributed by atoms with E-state index in [2.05, 4.69) is 9.97 Å². The molecule has 21 heavy (non-hydrogen) atoms. The van der Waals surface area contributed by atoms with Crippen molar-refractivity contribution >= 4 is 11.6 Å². The van der Waals surface area contributed by atoms with Crippen molar-refractivity contribution in [2.24, 2.45) is 0 Å². The number of anilines is 1. The van der Waals surface area contributed by atoms with E-state index in [0.29, 0.717) is 18.1 Å². The number of aromatic nitrogens is 2. The summed E-state index contributed by atoms with van der Waals surface area (Å²) in [5.74, 6) is 0.122. The molecule has 1 aromatic carbocycles. The summed E-state index contributed by atoms with van der Waals surface area (Å²) >= 11 is 0. The molecule has 1 heterocycles. The second-order valence-electron chi connectivity index (χ2n) is 4.95. The van der Waals surface area contributed by atoms with Gasteiger partial charge in [-0.25, -0.2) is 14.4 Å². The molecule has 6 nitrogen and oxygen atoms in total. The highest BCUT2D eigenvalue weighted by atomic mass is 19.1. The maximum atomic E-state index is 13.8. The first-order valence-electron chi connectivity index (χ1n) is 6.61. The molecule has 0 spiro atoms. The van der Waals surface area contributed by atoms with Crippen LogP contribution in [0.1, 0.15) is 18.4 Å². The van der Waals surface area contributed by atoms with Gasteiger partial charge in [0.2, 0.25) is 5.95 Å². The molecule has 0 bridgehead atoms. The molecule has 0 amide bonds. The van der Waals surface area contributed by atoms with Crippen molar-refractivity contribution < 1.29 is 9.31 Å². The smallest absolute Gasteiger partial charge is 0.305 e. The fourth-order valence-electron chi connectivity index (χ4n) is 2.12. The van der Waals surface area contributed by atoms with Crippen molar-refractivity contribution in [2.45, 2.75) is 25.4 Å². The summed E-state index contributed by atoms with van der Waals surface area (Å²) in [6.07, 6.45) is 4.35. The van der Waals surface area contributed by atoms with Crippen molar-refractivity contribution in [1.82, 2.24) is 9.97 Å². The number of hydrogen-bond acceptors (Lipinski definition) is 5. The lowest BCUT2D eigenvalue weighted by Crippen LogP contribution is -2.27. The van der Waals surface area contributed by atoms with Crippen molar-refractivity contribution in [2.75, 3.05) is 4.90 Å². The van der Waals surface area contributed by atoms with Crippen LogP contribution in [-0.2, 0) is 6.54 Å². The van der Waals surface area contributed by atoms with Gasteiger partial charge < -0.3 is 4.90 Å². The van der Waals surface area contributed by atoms with Gasteiger partial charge in [0, 0.05) is 18.2 Å². The molecule has 0 aliphatic heterocycles. The van der Waals surface area contributed by atoms with Crippen LogP contribution in [0.4, 0.5) is 16.0 Å². The Morgan fingerprint density at radius 2 is 1.95 bits per heavy atom. The quantitative estimate of drug-likeness (QED) is 0.624. The average Bonchev–Trinajstić information content (AvgIpc) is 3.31. The van der Waals surface area contributed by atoms with Crippen LogP contribution in [0.25, 0.3) is 0 Å². The lowest BCUT2D eigenvalue weighted by molar-refractivity contribution is -0.385. The first-order chi connectivity index (χ1) is 10.1. The Bertz CT molecular complexity index is 658. The summed E-state index contributed by atoms with van der Waals surface area (Å²) in [6, 6.07) is 6.82. The maximum Gasteiger partial charge on any atom is 0.305 e. The molecule has 0 N–H and O–H groups in total. The van der Waals surface area contributed by atoms with Crippen LogP contribution in [0.5, 0.6) is 0 Å². The van der Waals surface area contributed by atoms with Crippen molar-refractivity contribution in [3.8, 4) is 0 Å². The summed E-state index contributed by atoms with van der Waals surface area (Å²) in [5, 5.41) is 10.6. The Labute approximate surface area is 120 Å². The van der Waals surface area contributed by atoms with E-state index >= 15 is 0 Å². The molecule has 2 aromatic rings. The Balaban J connectivity index is 1.85. The van der Waals surface area contributed by atoms with Crippen molar-refractivity contribution in [3.63, 3.8) is 0 Å². The predicted molar refractivity (Wildman–Crippen MR) is 74.3 cm³/mol. The molecule has 1 fully saturated rings. The zero-order chi connectivity index (χ0) is 14.8. The van der Waals surface area contributed by atoms with Gasteiger partial charge >= 0.3 is 5.69 Å². The largest absolute Gasteiger partial charge is 0.333 e. The number of nitro groups is 1. The summed E-state index contributed by atoms with van der Waals surface area (Å²) in [6.45, 7) is 0.356. The highest BCUT2D eigenvalue weighted by molar-refractivity contribution is 5.38. The van der Waals surface area contributed by atoms with E-state index in [1.165, 1.54) is 18.5 Å². The zero-order valence-corrected chi connectivity index (χ0v) is 11.1. The monoisotopic (exact) mass is 288 g/mol. The van der Waals surface area contributed by atoms with E-state index < -0.39 is 4.92 Å². The van der Waals surface area contributed by atoms with Crippen LogP contribution in [0.15, 0.2) is 36.7 Å². The second kappa shape index (κ2) is 5.43. The SMILES string of the molecule is O=[N+]([O-])c1cnc(N(Cc2ccccc2F)C2CC2)nc1. The van der Waals surface area contributed by atoms with Crippen LogP contribution in [-0.4, -0.2) is 20.9 Å². The van der Waals surface area contributed by atoms with E-state index in [9.17, 15) is 14.5 Å². The Morgan fingerprint density at radius 3 is 2.52 bits per heavy atom. The minimum Gasteiger partial charge on any atom is -0.333 e. The molecule has 0 atom stereocenters. The number of halogens is 1. The van der Waals surface area contributed by atoms with E-state index in [4.69, 9.17) is 0 Å². The molecule has 7 heteroatoms. The van der Waals surface area contributed by atoms with Gasteiger partial charge in [-0.3, -0.25) is 10.1 Å². The number of benzene rings is 1. The van der Waals surface area contributed by atoms with Gasteiger partial charge in [0.05, 0.1) is 4.92 Å². The van der Waals surface area contributed by atoms with Crippen LogP contribution < -0.4 is 4.90 Å². The van der Waals surface area contributed by atoms with E-state index in [1.807, 2.05) is 4.90 Å². The fraction of sp³-hybridized carbons (Fsp3) is 0.286. The molecular weight excluding hydrogens is 275 g/mol. The van der Waals surface area contributed by atoms with Gasteiger partial charge in [-0.05, 0) is 18.9 Å². The van der Waals surface area contributed by atoms with Crippen LogP contribution in [0.2, 0.25) is 0 Å². The Morgan fingerprint density at radius 1 is 1.29 bits per heavy atom. The molecule has 1 saturated carbocycles. The average molecular weight is 288 g/mol. The molecule has 108 valence electrons. The normalized spacial score (nSPS) is 14.0. The second-order valence-corrected chi connectivity index (χ2v) is 4.95. The first-order valence-corrected chi connectivity index (χ1v) is 6.61. The molecule has 1 aliphatic rings. The molecule has 0 saturated heterocycles. The highest BCUT2D eigenvalue weighted by Gasteiger charge is 2.31. The number of rotatable bonds is 5. The minimum atomic E-state index is -0.540. The van der Waals surface area contributed by atoms with Crippen molar-refractivity contribution in [3.05, 3.63) is 58.2 Å². The van der Waals surface area contributed by atoms with E-state index in [-0.39, 0.29) is 17.5 Å². The summed E-state index contributed by atoms with van der Waals surface area (Å²) in [5.41, 5.74) is 0.409. The third-order valence-electron chi connectivity index (χ3n) is 3.38. The standard InChI is InChI=1S/C14H13FN4O2/c15-13-4-2-1-3-10(13)9-18(11-5-6-11)14-16-7-12(8-17-14)19(20)21/h1-4,7-8,11H,5-6,9H2. The fourth-order valence-corrected chi connectivity index (χ4v) is 2.12. The molecular formula is C14H13FN4O2. The van der Waals surface area contributed by atoms with Gasteiger partial charge in [-0.1, -0.05) is 18.2 Å². The van der Waals surface area contributed by atoms with Crippen LogP contribution in [0, 0.1) is 15.9 Å². The number of nitrogens with zero attached hydrogens (tertiary/aromatic N) is 4. The lowest BCUT2D eigenvalue weighted by atomic mass is 10.2. The van der Waals surface area contributed by atoms with E-state index in [0.717, 1.165) is 12.8 Å². The van der Waals surface area contributed by atoms with Crippen LogP contribution >= 0.6 is 0 Å². The van der Waals surface area contributed by atoms with Crippen molar-refractivity contribution in [1.29, 1.82) is 0 Å². The summed E-state index contributed by atoms with van der Waals surface area (Å²) < 4.78 is 13.8. The molecule has 1 aliphatic carbocycles. The Hall–Kier alpha value is -2.57. The molecule has 0 radical (unpaired) electrons. The zero-order valence-electron chi connectivity index (χ0n) is 11.1. The first kappa shape index (κ1) is 13.4. The minimum absolute atomic E-state index is 0.152. The molecule has 0 unspecified atom stereocenters. The predicted octanol–water partition coefficient (Wildman–Crippen LogP) is 2.69. The highest BCUT2D eigenvalue weighted by Crippen LogP contribution is 2.31. The molecule has 3 rings (SSSR count). The third-order valence-corrected chi connectivity index (χ3v) is 3.38. The summed E-state index contributed by atoms with van der Waals surface area (Å²) in [7, 11) is 0. The topological polar surface area (TPSA) is 72.2 Å². The lowest BCUT2D eigenvalue weighted by Gasteiger charge is -2.22. The maximum absolute atomic E-state index is 13.8. The van der Waals surface area contributed by atoms with Gasteiger partial charge in [0.25, 0.3) is 0 Å². The third kappa shape index (κ3) is 2.96. The van der Waals surface area contributed by atoms with Gasteiger partial charge in [-0.2, -0.15) is 0 Å². The van der Waals surface area contributed by atoms with Gasteiger partial charge in [-0.15, -0.1) is 0 Å².